The van der Waals surface area contributed by atoms with Crippen molar-refractivity contribution in [2.45, 2.75) is 65.1 Å². The quantitative estimate of drug-likeness (QED) is 0.205. The van der Waals surface area contributed by atoms with Gasteiger partial charge in [-0.2, -0.15) is 0 Å². The molecule has 2 heteroatoms. The Morgan fingerprint density at radius 2 is 1.50 bits per heavy atom. The molecule has 0 atom stereocenters. The van der Waals surface area contributed by atoms with E-state index in [2.05, 4.69) is 71.0 Å². The van der Waals surface area contributed by atoms with E-state index in [0.717, 1.165) is 57.2 Å². The second-order valence-electron chi connectivity index (χ2n) is 13.0. The summed E-state index contributed by atoms with van der Waals surface area (Å²) in [5.41, 5.74) is 9.64. The van der Waals surface area contributed by atoms with E-state index in [1.165, 1.54) is 21.9 Å². The molecule has 0 spiro atoms. The highest BCUT2D eigenvalue weighted by Gasteiger charge is 2.39. The molecular formula is C38H38NO+. The van der Waals surface area contributed by atoms with E-state index in [1.807, 2.05) is 48.0 Å². The number of pyridine rings is 1. The van der Waals surface area contributed by atoms with E-state index in [4.69, 9.17) is 8.53 Å². The molecule has 0 fully saturated rings. The van der Waals surface area contributed by atoms with Crippen molar-refractivity contribution in [1.82, 2.24) is 0 Å². The summed E-state index contributed by atoms with van der Waals surface area (Å²) < 4.78 is 33.9. The second kappa shape index (κ2) is 8.54. The van der Waals surface area contributed by atoms with Crippen molar-refractivity contribution in [3.8, 4) is 22.4 Å². The summed E-state index contributed by atoms with van der Waals surface area (Å²) >= 11 is 0. The molecule has 4 aromatic carbocycles. The van der Waals surface area contributed by atoms with Crippen LogP contribution in [0.25, 0.3) is 55.1 Å². The van der Waals surface area contributed by atoms with Crippen molar-refractivity contribution in [3.05, 3.63) is 101 Å². The Hall–Kier alpha value is -3.91. The standard InChI is InChI=1S/C38H38NO/c1-23-13-16-27-28-17-14-26-15-18-30-34(38(5,6)20-19-37(30,3)4)33(26)36(28)40-35(27)32(23)31-21-29(24(2)22-39(31)7)25-11-9-8-10-12-25/h8-18,21-22H,19-20H2,1-7H3/q+1/i2D3. The van der Waals surface area contributed by atoms with Crippen LogP contribution in [0.15, 0.2) is 83.4 Å². The van der Waals surface area contributed by atoms with Gasteiger partial charge in [-0.3, -0.25) is 0 Å². The van der Waals surface area contributed by atoms with Crippen LogP contribution in [0.3, 0.4) is 0 Å². The van der Waals surface area contributed by atoms with Gasteiger partial charge in [0.15, 0.2) is 6.20 Å². The summed E-state index contributed by atoms with van der Waals surface area (Å²) in [4.78, 5) is 0. The lowest BCUT2D eigenvalue weighted by atomic mass is 9.62. The molecule has 0 amide bonds. The maximum atomic E-state index is 8.30. The third-order valence-electron chi connectivity index (χ3n) is 9.39. The third kappa shape index (κ3) is 3.58. The lowest BCUT2D eigenvalue weighted by Crippen LogP contribution is -2.34. The highest BCUT2D eigenvalue weighted by atomic mass is 16.3. The van der Waals surface area contributed by atoms with Crippen LogP contribution < -0.4 is 4.57 Å². The minimum Gasteiger partial charge on any atom is -0.454 e. The van der Waals surface area contributed by atoms with Crippen LogP contribution in [0.5, 0.6) is 0 Å². The summed E-state index contributed by atoms with van der Waals surface area (Å²) in [7, 11) is 1.93. The molecule has 0 saturated carbocycles. The van der Waals surface area contributed by atoms with Crippen LogP contribution in [-0.4, -0.2) is 0 Å². The summed E-state index contributed by atoms with van der Waals surface area (Å²) in [5, 5.41) is 4.61. The number of fused-ring (bicyclic) bond motifs is 7. The predicted molar refractivity (Wildman–Crippen MR) is 168 cm³/mol. The Morgan fingerprint density at radius 1 is 0.800 bits per heavy atom. The Balaban J connectivity index is 1.58. The summed E-state index contributed by atoms with van der Waals surface area (Å²) in [6.45, 7) is 9.32. The molecule has 0 aliphatic heterocycles. The molecular weight excluding hydrogens is 486 g/mol. The summed E-state index contributed by atoms with van der Waals surface area (Å²) in [6, 6.07) is 25.2. The average molecular weight is 528 g/mol. The zero-order chi connectivity index (χ0) is 30.5. The highest BCUT2D eigenvalue weighted by molar-refractivity contribution is 6.18. The van der Waals surface area contributed by atoms with Gasteiger partial charge in [0.25, 0.3) is 0 Å². The SMILES string of the molecule is [2H]C([2H])([2H])c1c[n+](C)c(-c2c(C)ccc3c2oc2c3ccc3ccc4c(c32)C(C)(C)CCC4(C)C)cc1-c1ccccc1. The number of aromatic nitrogens is 1. The van der Waals surface area contributed by atoms with Crippen molar-refractivity contribution >= 4 is 32.7 Å². The van der Waals surface area contributed by atoms with Gasteiger partial charge in [0.2, 0.25) is 5.69 Å². The van der Waals surface area contributed by atoms with Crippen molar-refractivity contribution in [2.75, 3.05) is 0 Å². The zero-order valence-corrected chi connectivity index (χ0v) is 24.3. The monoisotopic (exact) mass is 527 g/mol. The minimum atomic E-state index is -2.25. The van der Waals surface area contributed by atoms with Crippen LogP contribution in [0.1, 0.15) is 66.9 Å². The maximum Gasteiger partial charge on any atom is 0.216 e. The van der Waals surface area contributed by atoms with Gasteiger partial charge in [0.1, 0.15) is 18.2 Å². The first-order chi connectivity index (χ1) is 20.3. The smallest absolute Gasteiger partial charge is 0.216 e. The minimum absolute atomic E-state index is 0.0263. The molecule has 0 radical (unpaired) electrons. The van der Waals surface area contributed by atoms with Crippen molar-refractivity contribution in [2.24, 2.45) is 7.05 Å². The molecule has 40 heavy (non-hydrogen) atoms. The number of benzene rings is 4. The van der Waals surface area contributed by atoms with Gasteiger partial charge in [0.05, 0.1) is 5.56 Å². The van der Waals surface area contributed by atoms with Crippen molar-refractivity contribution in [1.29, 1.82) is 0 Å². The number of hydrogen-bond donors (Lipinski definition) is 0. The fourth-order valence-electron chi connectivity index (χ4n) is 7.03. The van der Waals surface area contributed by atoms with E-state index in [1.54, 1.807) is 6.20 Å². The van der Waals surface area contributed by atoms with Gasteiger partial charge in [-0.1, -0.05) is 88.4 Å². The first kappa shape index (κ1) is 21.9. The van der Waals surface area contributed by atoms with Crippen LogP contribution >= 0.6 is 0 Å². The van der Waals surface area contributed by atoms with E-state index in [9.17, 15) is 0 Å². The molecule has 2 heterocycles. The Labute approximate surface area is 241 Å². The van der Waals surface area contributed by atoms with Crippen LogP contribution in [0.2, 0.25) is 0 Å². The number of furan rings is 1. The molecule has 7 rings (SSSR count). The van der Waals surface area contributed by atoms with Gasteiger partial charge in [-0.25, -0.2) is 4.57 Å². The molecule has 2 aromatic heterocycles. The molecule has 0 unspecified atom stereocenters. The Bertz CT molecular complexity index is 2080. The van der Waals surface area contributed by atoms with E-state index in [-0.39, 0.29) is 10.8 Å². The molecule has 2 nitrogen and oxygen atoms in total. The number of nitrogens with zero attached hydrogens (tertiary/aromatic N) is 1. The average Bonchev–Trinajstić information content (AvgIpc) is 3.34. The zero-order valence-electron chi connectivity index (χ0n) is 27.3. The predicted octanol–water partition coefficient (Wildman–Crippen LogP) is 9.86. The molecule has 0 N–H and O–H groups in total. The van der Waals surface area contributed by atoms with Crippen LogP contribution in [0, 0.1) is 13.8 Å². The topological polar surface area (TPSA) is 17.0 Å². The summed E-state index contributed by atoms with van der Waals surface area (Å²) in [5.74, 6) is 0. The molecule has 1 aliphatic carbocycles. The van der Waals surface area contributed by atoms with Gasteiger partial charge in [-0.15, -0.1) is 0 Å². The fourth-order valence-corrected chi connectivity index (χ4v) is 7.03. The Kier molecular flexibility index (Phi) is 4.67. The first-order valence-electron chi connectivity index (χ1n) is 15.8. The Morgan fingerprint density at radius 3 is 2.27 bits per heavy atom. The molecule has 6 aromatic rings. The molecule has 0 bridgehead atoms. The number of hydrogen-bond acceptors (Lipinski definition) is 1. The van der Waals surface area contributed by atoms with Gasteiger partial charge < -0.3 is 4.42 Å². The third-order valence-corrected chi connectivity index (χ3v) is 9.39. The van der Waals surface area contributed by atoms with E-state index >= 15 is 0 Å². The molecule has 0 saturated heterocycles. The van der Waals surface area contributed by atoms with Gasteiger partial charge in [0, 0.05) is 31.9 Å². The van der Waals surface area contributed by atoms with Crippen LogP contribution in [-0.2, 0) is 17.9 Å². The van der Waals surface area contributed by atoms with E-state index < -0.39 is 6.85 Å². The molecule has 1 aliphatic rings. The first-order valence-corrected chi connectivity index (χ1v) is 14.3. The van der Waals surface area contributed by atoms with Gasteiger partial charge >= 0.3 is 0 Å². The maximum absolute atomic E-state index is 8.30. The molecule has 200 valence electrons. The lowest BCUT2D eigenvalue weighted by Gasteiger charge is -2.42. The van der Waals surface area contributed by atoms with E-state index in [0.29, 0.717) is 11.1 Å². The van der Waals surface area contributed by atoms with Crippen LogP contribution in [0.4, 0.5) is 0 Å². The number of rotatable bonds is 2. The van der Waals surface area contributed by atoms with Crippen molar-refractivity contribution < 1.29 is 13.1 Å². The summed E-state index contributed by atoms with van der Waals surface area (Å²) in [6.07, 6.45) is 4.05. The second-order valence-corrected chi connectivity index (χ2v) is 13.0. The van der Waals surface area contributed by atoms with Gasteiger partial charge in [-0.05, 0) is 76.7 Å². The highest BCUT2D eigenvalue weighted by Crippen LogP contribution is 2.51. The number of aryl methyl sites for hydroxylation is 3. The largest absolute Gasteiger partial charge is 0.454 e. The lowest BCUT2D eigenvalue weighted by molar-refractivity contribution is -0.660. The fraction of sp³-hybridized carbons (Fsp3) is 0.289. The van der Waals surface area contributed by atoms with Crippen molar-refractivity contribution in [3.63, 3.8) is 0 Å². The normalized spacial score (nSPS) is 17.5.